The lowest BCUT2D eigenvalue weighted by Gasteiger charge is -2.39. The maximum atomic E-state index is 13.0. The lowest BCUT2D eigenvalue weighted by Crippen LogP contribution is -2.45. The van der Waals surface area contributed by atoms with E-state index in [4.69, 9.17) is 4.98 Å². The van der Waals surface area contributed by atoms with E-state index in [9.17, 15) is 9.59 Å². The first-order valence-electron chi connectivity index (χ1n) is 10.5. The molecular weight excluding hydrogens is 364 g/mol. The Labute approximate surface area is 171 Å². The van der Waals surface area contributed by atoms with Gasteiger partial charge in [0.05, 0.1) is 5.69 Å². The molecular formula is C23H30N4O2. The van der Waals surface area contributed by atoms with Crippen LogP contribution < -0.4 is 5.56 Å². The summed E-state index contributed by atoms with van der Waals surface area (Å²) in [7, 11) is 0. The van der Waals surface area contributed by atoms with Gasteiger partial charge in [-0.2, -0.15) is 0 Å². The molecule has 0 bridgehead atoms. The van der Waals surface area contributed by atoms with Gasteiger partial charge in [0, 0.05) is 46.4 Å². The van der Waals surface area contributed by atoms with Gasteiger partial charge in [-0.15, -0.1) is 0 Å². The van der Waals surface area contributed by atoms with Crippen molar-refractivity contribution in [2.75, 3.05) is 13.1 Å². The van der Waals surface area contributed by atoms with Crippen LogP contribution in [0.3, 0.4) is 0 Å². The second kappa shape index (κ2) is 6.78. The Balaban J connectivity index is 1.59. The molecule has 29 heavy (non-hydrogen) atoms. The van der Waals surface area contributed by atoms with E-state index in [1.165, 1.54) is 0 Å². The van der Waals surface area contributed by atoms with Crippen LogP contribution in [0.2, 0.25) is 0 Å². The van der Waals surface area contributed by atoms with Crippen molar-refractivity contribution in [3.8, 4) is 0 Å². The van der Waals surface area contributed by atoms with Gasteiger partial charge in [-0.25, -0.2) is 4.98 Å². The molecule has 0 saturated carbocycles. The van der Waals surface area contributed by atoms with Crippen LogP contribution in [-0.2, 0) is 17.3 Å². The standard InChI is InChI=1S/C23H30N4O2/c1-14-12-16(13-15(2)24-14)20(29)27-10-8-23(9-11-27)7-6-17-18(23)25-21(22(3,4)5)26-19(17)28/h12-13H,6-11H2,1-5H3,(H,25,26,28). The third-order valence-electron chi connectivity index (χ3n) is 6.42. The minimum absolute atomic E-state index is 0.0121. The van der Waals surface area contributed by atoms with Gasteiger partial charge in [-0.1, -0.05) is 20.8 Å². The molecule has 2 aliphatic rings. The fourth-order valence-corrected chi connectivity index (χ4v) is 4.77. The number of aromatic nitrogens is 3. The summed E-state index contributed by atoms with van der Waals surface area (Å²) in [4.78, 5) is 39.9. The first-order chi connectivity index (χ1) is 13.6. The summed E-state index contributed by atoms with van der Waals surface area (Å²) < 4.78 is 0. The molecule has 1 aliphatic carbocycles. The van der Waals surface area contributed by atoms with Crippen molar-refractivity contribution < 1.29 is 4.79 Å². The van der Waals surface area contributed by atoms with Crippen LogP contribution in [-0.4, -0.2) is 38.8 Å². The van der Waals surface area contributed by atoms with Gasteiger partial charge in [0.15, 0.2) is 0 Å². The Kier molecular flexibility index (Phi) is 4.63. The third-order valence-corrected chi connectivity index (χ3v) is 6.42. The summed E-state index contributed by atoms with van der Waals surface area (Å²) >= 11 is 0. The van der Waals surface area contributed by atoms with Gasteiger partial charge < -0.3 is 9.88 Å². The number of carbonyl (C=O) groups excluding carboxylic acids is 1. The van der Waals surface area contributed by atoms with Crippen molar-refractivity contribution >= 4 is 5.91 Å². The number of fused-ring (bicyclic) bond motifs is 2. The maximum absolute atomic E-state index is 13.0. The van der Waals surface area contributed by atoms with E-state index in [0.717, 1.165) is 54.2 Å². The van der Waals surface area contributed by atoms with Crippen LogP contribution in [0.15, 0.2) is 16.9 Å². The van der Waals surface area contributed by atoms with E-state index < -0.39 is 0 Å². The Morgan fingerprint density at radius 2 is 1.69 bits per heavy atom. The average Bonchev–Trinajstić information content (AvgIpc) is 2.99. The highest BCUT2D eigenvalue weighted by Gasteiger charge is 2.45. The summed E-state index contributed by atoms with van der Waals surface area (Å²) in [6.07, 6.45) is 3.43. The highest BCUT2D eigenvalue weighted by atomic mass is 16.2. The molecule has 0 unspecified atom stereocenters. The molecule has 0 atom stereocenters. The molecule has 154 valence electrons. The molecule has 1 aliphatic heterocycles. The third kappa shape index (κ3) is 3.49. The van der Waals surface area contributed by atoms with Crippen LogP contribution in [0.4, 0.5) is 0 Å². The van der Waals surface area contributed by atoms with E-state index in [1.54, 1.807) is 0 Å². The predicted molar refractivity (Wildman–Crippen MR) is 112 cm³/mol. The molecule has 4 rings (SSSR count). The Morgan fingerprint density at radius 3 is 2.28 bits per heavy atom. The molecule has 1 amide bonds. The number of aromatic amines is 1. The molecule has 1 spiro atoms. The second-order valence-corrected chi connectivity index (χ2v) is 9.70. The van der Waals surface area contributed by atoms with Crippen LogP contribution in [0.25, 0.3) is 0 Å². The summed E-state index contributed by atoms with van der Waals surface area (Å²) in [5, 5.41) is 0. The van der Waals surface area contributed by atoms with Crippen molar-refractivity contribution in [2.24, 2.45) is 0 Å². The number of aryl methyl sites for hydroxylation is 2. The number of piperidine rings is 1. The SMILES string of the molecule is Cc1cc(C(=O)N2CCC3(CCc4c3nc(C(C)(C)C)[nH]c4=O)CC2)cc(C)n1. The number of amides is 1. The van der Waals surface area contributed by atoms with Crippen LogP contribution >= 0.6 is 0 Å². The quantitative estimate of drug-likeness (QED) is 0.806. The zero-order valence-electron chi connectivity index (χ0n) is 18.1. The van der Waals surface area contributed by atoms with E-state index >= 15 is 0 Å². The number of rotatable bonds is 1. The number of pyridine rings is 1. The van der Waals surface area contributed by atoms with Gasteiger partial charge in [0.25, 0.3) is 11.5 Å². The van der Waals surface area contributed by atoms with E-state index in [2.05, 4.69) is 30.7 Å². The lowest BCUT2D eigenvalue weighted by molar-refractivity contribution is 0.0663. The first-order valence-corrected chi connectivity index (χ1v) is 10.5. The minimum atomic E-state index is -0.203. The molecule has 6 nitrogen and oxygen atoms in total. The lowest BCUT2D eigenvalue weighted by atomic mass is 9.76. The van der Waals surface area contributed by atoms with Gasteiger partial charge in [-0.05, 0) is 51.7 Å². The predicted octanol–water partition coefficient (Wildman–Crippen LogP) is 3.20. The number of nitrogens with one attached hydrogen (secondary N) is 1. The monoisotopic (exact) mass is 394 g/mol. The molecule has 1 N–H and O–H groups in total. The number of hydrogen-bond donors (Lipinski definition) is 1. The normalized spacial score (nSPS) is 18.2. The molecule has 6 heteroatoms. The van der Waals surface area contributed by atoms with Crippen molar-refractivity contribution in [3.05, 3.63) is 56.5 Å². The zero-order chi connectivity index (χ0) is 21.0. The summed E-state index contributed by atoms with van der Waals surface area (Å²) in [5.74, 6) is 0.824. The van der Waals surface area contributed by atoms with E-state index in [1.807, 2.05) is 30.9 Å². The van der Waals surface area contributed by atoms with Crippen molar-refractivity contribution in [1.29, 1.82) is 0 Å². The average molecular weight is 395 g/mol. The van der Waals surface area contributed by atoms with E-state index in [-0.39, 0.29) is 22.3 Å². The Morgan fingerprint density at radius 1 is 1.07 bits per heavy atom. The summed E-state index contributed by atoms with van der Waals surface area (Å²) in [5.41, 5.74) is 4.00. The highest BCUT2D eigenvalue weighted by Crippen LogP contribution is 2.44. The fourth-order valence-electron chi connectivity index (χ4n) is 4.77. The second-order valence-electron chi connectivity index (χ2n) is 9.70. The number of nitrogens with zero attached hydrogens (tertiary/aromatic N) is 3. The summed E-state index contributed by atoms with van der Waals surface area (Å²) in [6, 6.07) is 3.72. The van der Waals surface area contributed by atoms with Gasteiger partial charge in [0.1, 0.15) is 5.82 Å². The Bertz CT molecular complexity index is 1000. The van der Waals surface area contributed by atoms with Gasteiger partial charge >= 0.3 is 0 Å². The molecule has 1 saturated heterocycles. The molecule has 3 heterocycles. The van der Waals surface area contributed by atoms with E-state index in [0.29, 0.717) is 18.7 Å². The Hall–Kier alpha value is -2.50. The number of hydrogen-bond acceptors (Lipinski definition) is 4. The van der Waals surface area contributed by atoms with Crippen LogP contribution in [0, 0.1) is 13.8 Å². The molecule has 0 radical (unpaired) electrons. The largest absolute Gasteiger partial charge is 0.339 e. The first kappa shape index (κ1) is 19.8. The number of carbonyl (C=O) groups is 1. The number of H-pyrrole nitrogens is 1. The maximum Gasteiger partial charge on any atom is 0.254 e. The fraction of sp³-hybridized carbons (Fsp3) is 0.565. The van der Waals surface area contributed by atoms with Gasteiger partial charge in [-0.3, -0.25) is 14.6 Å². The topological polar surface area (TPSA) is 79.0 Å². The molecule has 2 aromatic heterocycles. The minimum Gasteiger partial charge on any atom is -0.339 e. The van der Waals surface area contributed by atoms with Crippen LogP contribution in [0.5, 0.6) is 0 Å². The van der Waals surface area contributed by atoms with Gasteiger partial charge in [0.2, 0.25) is 0 Å². The molecule has 0 aromatic carbocycles. The number of likely N-dealkylation sites (tertiary alicyclic amines) is 1. The smallest absolute Gasteiger partial charge is 0.254 e. The van der Waals surface area contributed by atoms with Crippen molar-refractivity contribution in [1.82, 2.24) is 19.9 Å². The highest BCUT2D eigenvalue weighted by molar-refractivity contribution is 5.94. The summed E-state index contributed by atoms with van der Waals surface area (Å²) in [6.45, 7) is 11.4. The molecule has 2 aromatic rings. The zero-order valence-corrected chi connectivity index (χ0v) is 18.1. The van der Waals surface area contributed by atoms with Crippen molar-refractivity contribution in [2.45, 2.75) is 71.1 Å². The molecule has 1 fully saturated rings. The van der Waals surface area contributed by atoms with Crippen LogP contribution in [0.1, 0.15) is 78.9 Å². The van der Waals surface area contributed by atoms with Crippen molar-refractivity contribution in [3.63, 3.8) is 0 Å².